The predicted molar refractivity (Wildman–Crippen MR) is 171 cm³/mol. The second-order valence-corrected chi connectivity index (χ2v) is 12.5. The van der Waals surface area contributed by atoms with Crippen molar-refractivity contribution in [3.05, 3.63) is 108 Å². The maximum absolute atomic E-state index is 14.2. The third-order valence-electron chi connectivity index (χ3n) is 7.19. The number of hydrogen-bond donors (Lipinski definition) is 3. The summed E-state index contributed by atoms with van der Waals surface area (Å²) in [5, 5.41) is 5.10. The van der Waals surface area contributed by atoms with Crippen LogP contribution in [0.4, 0.5) is 30.6 Å². The number of ether oxygens (including phenoxy) is 1. The van der Waals surface area contributed by atoms with Crippen LogP contribution in [-0.2, 0) is 16.6 Å². The van der Waals surface area contributed by atoms with Gasteiger partial charge in [-0.3, -0.25) is 19.3 Å². The molecule has 5 rings (SSSR count). The lowest BCUT2D eigenvalue weighted by molar-refractivity contribution is 0.0959. The van der Waals surface area contributed by atoms with E-state index in [-0.39, 0.29) is 17.3 Å². The number of likely N-dealkylation sites (tertiary alicyclic amines) is 1. The Balaban J connectivity index is 1.24. The lowest BCUT2D eigenvalue weighted by Crippen LogP contribution is -2.44. The lowest BCUT2D eigenvalue weighted by atomic mass is 10.1. The molecule has 1 fully saturated rings. The number of urea groups is 1. The highest BCUT2D eigenvalue weighted by Crippen LogP contribution is 2.27. The van der Waals surface area contributed by atoms with Crippen molar-refractivity contribution in [3.8, 4) is 11.6 Å². The summed E-state index contributed by atoms with van der Waals surface area (Å²) >= 11 is 0. The fraction of sp³-hybridized carbons (Fsp3) is 0.219. The molecule has 240 valence electrons. The number of hydrogen-bond acceptors (Lipinski definition) is 7. The zero-order chi connectivity index (χ0) is 32.8. The molecule has 2 heterocycles. The van der Waals surface area contributed by atoms with Crippen molar-refractivity contribution in [2.75, 3.05) is 41.3 Å². The van der Waals surface area contributed by atoms with Gasteiger partial charge in [-0.05, 0) is 72.6 Å². The van der Waals surface area contributed by atoms with Gasteiger partial charge in [0.1, 0.15) is 17.4 Å². The van der Waals surface area contributed by atoms with Crippen molar-refractivity contribution in [1.29, 1.82) is 0 Å². The highest BCUT2D eigenvalue weighted by Gasteiger charge is 2.32. The first-order valence-electron chi connectivity index (χ1n) is 14.3. The van der Waals surface area contributed by atoms with E-state index < -0.39 is 33.6 Å². The number of nitrogens with zero attached hydrogens (tertiary/aromatic N) is 3. The molecule has 0 saturated carbocycles. The Hall–Kier alpha value is -5.08. The highest BCUT2D eigenvalue weighted by atomic mass is 32.2. The van der Waals surface area contributed by atoms with Crippen molar-refractivity contribution in [2.45, 2.75) is 19.0 Å². The number of pyridine rings is 1. The number of sulfonamides is 1. The first-order chi connectivity index (χ1) is 22.0. The molecule has 3 amide bonds. The first-order valence-corrected chi connectivity index (χ1v) is 16.2. The monoisotopic (exact) mass is 650 g/mol. The van der Waals surface area contributed by atoms with Crippen molar-refractivity contribution < 1.29 is 31.5 Å². The second kappa shape index (κ2) is 13.9. The molecule has 1 aliphatic rings. The molecule has 1 atom stereocenters. The fourth-order valence-corrected chi connectivity index (χ4v) is 5.69. The Morgan fingerprint density at radius 1 is 1.02 bits per heavy atom. The van der Waals surface area contributed by atoms with E-state index in [1.165, 1.54) is 42.3 Å². The van der Waals surface area contributed by atoms with Crippen molar-refractivity contribution in [1.82, 2.24) is 15.2 Å². The molecular weight excluding hydrogens is 618 g/mol. The van der Waals surface area contributed by atoms with Gasteiger partial charge in [0.25, 0.3) is 5.91 Å². The van der Waals surface area contributed by atoms with Crippen LogP contribution in [0.2, 0.25) is 0 Å². The number of carbonyl (C=O) groups excluding carboxylic acids is 2. The van der Waals surface area contributed by atoms with E-state index in [9.17, 15) is 26.8 Å². The number of benzene rings is 3. The summed E-state index contributed by atoms with van der Waals surface area (Å²) in [6.45, 7) is 1.69. The van der Waals surface area contributed by atoms with Crippen molar-refractivity contribution in [2.24, 2.45) is 0 Å². The molecule has 4 aromatic rings. The summed E-state index contributed by atoms with van der Waals surface area (Å²) in [6.07, 6.45) is 3.37. The van der Waals surface area contributed by atoms with E-state index in [0.29, 0.717) is 49.1 Å². The van der Waals surface area contributed by atoms with E-state index in [2.05, 4.69) is 25.2 Å². The van der Waals surface area contributed by atoms with E-state index in [4.69, 9.17) is 4.74 Å². The highest BCUT2D eigenvalue weighted by molar-refractivity contribution is 7.92. The average molecular weight is 651 g/mol. The smallest absolute Gasteiger partial charge is 0.326 e. The molecule has 0 unspecified atom stereocenters. The van der Waals surface area contributed by atoms with Gasteiger partial charge < -0.3 is 15.4 Å². The van der Waals surface area contributed by atoms with Crippen molar-refractivity contribution >= 4 is 39.0 Å². The van der Waals surface area contributed by atoms with Crippen LogP contribution in [0.25, 0.3) is 0 Å². The Labute approximate surface area is 265 Å². The summed E-state index contributed by atoms with van der Waals surface area (Å²) in [4.78, 5) is 33.7. The molecule has 1 aliphatic heterocycles. The number of anilines is 3. The number of carbonyl (C=O) groups is 2. The Bertz CT molecular complexity index is 1820. The van der Waals surface area contributed by atoms with Gasteiger partial charge in [0, 0.05) is 56.0 Å². The number of halogens is 2. The van der Waals surface area contributed by atoms with Crippen molar-refractivity contribution in [3.63, 3.8) is 0 Å². The summed E-state index contributed by atoms with van der Waals surface area (Å²) in [6, 6.07) is 18.6. The summed E-state index contributed by atoms with van der Waals surface area (Å²) in [5.41, 5.74) is 1.70. The molecule has 0 spiro atoms. The van der Waals surface area contributed by atoms with Gasteiger partial charge in [0.2, 0.25) is 15.9 Å². The number of amides is 3. The number of aromatic nitrogens is 1. The van der Waals surface area contributed by atoms with Crippen LogP contribution in [0.5, 0.6) is 11.6 Å². The van der Waals surface area contributed by atoms with Gasteiger partial charge in [-0.2, -0.15) is 0 Å². The molecule has 14 heteroatoms. The largest absolute Gasteiger partial charge is 0.439 e. The molecule has 3 aromatic carbocycles. The molecule has 0 aliphatic carbocycles. The molecule has 46 heavy (non-hydrogen) atoms. The minimum atomic E-state index is -3.38. The van der Waals surface area contributed by atoms with Crippen LogP contribution < -0.4 is 25.0 Å². The molecule has 11 nitrogen and oxygen atoms in total. The molecular formula is C32H32F2N6O5S. The van der Waals surface area contributed by atoms with Gasteiger partial charge in [0.05, 0.1) is 17.9 Å². The third kappa shape index (κ3) is 8.34. The van der Waals surface area contributed by atoms with Crippen LogP contribution >= 0.6 is 0 Å². The third-order valence-corrected chi connectivity index (χ3v) is 7.80. The number of rotatable bonds is 10. The van der Waals surface area contributed by atoms with Crippen LogP contribution in [-0.4, -0.2) is 62.7 Å². The summed E-state index contributed by atoms with van der Waals surface area (Å²) in [7, 11) is -2.00. The van der Waals surface area contributed by atoms with Crippen LogP contribution in [0.15, 0.2) is 85.1 Å². The van der Waals surface area contributed by atoms with Gasteiger partial charge in [-0.25, -0.2) is 27.0 Å². The maximum Gasteiger partial charge on any atom is 0.326 e. The Morgan fingerprint density at radius 2 is 1.78 bits per heavy atom. The standard InChI is InChI=1S/C32H32F2N6O5S/c1-35-31(41)28-17-24(9-12-29(28)34)37-32(42)40(25-5-3-4-22(33)16-25)26-14-15-39(20-26)19-21-6-13-30(36-18-21)45-27-10-7-23(8-11-27)38-46(2,43)44/h3-13,16-18,26,38H,14-15,19-20H2,1-2H3,(H,35,41)(H,37,42)/t26-/m0/s1. The molecule has 0 radical (unpaired) electrons. The molecule has 1 aromatic heterocycles. The quantitative estimate of drug-likeness (QED) is 0.215. The number of nitrogens with one attached hydrogen (secondary N) is 3. The maximum atomic E-state index is 14.2. The normalized spacial score (nSPS) is 14.8. The van der Waals surface area contributed by atoms with Gasteiger partial charge in [-0.15, -0.1) is 0 Å². The van der Waals surface area contributed by atoms with Crippen LogP contribution in [0.3, 0.4) is 0 Å². The second-order valence-electron chi connectivity index (χ2n) is 10.7. The van der Waals surface area contributed by atoms with E-state index in [1.54, 1.807) is 42.6 Å². The molecule has 3 N–H and O–H groups in total. The minimum Gasteiger partial charge on any atom is -0.439 e. The average Bonchev–Trinajstić information content (AvgIpc) is 3.46. The van der Waals surface area contributed by atoms with Gasteiger partial charge in [0.15, 0.2) is 0 Å². The zero-order valence-electron chi connectivity index (χ0n) is 25.0. The Morgan fingerprint density at radius 3 is 2.46 bits per heavy atom. The van der Waals surface area contributed by atoms with Crippen LogP contribution in [0, 0.1) is 11.6 Å². The minimum absolute atomic E-state index is 0.213. The zero-order valence-corrected chi connectivity index (χ0v) is 25.9. The molecule has 0 bridgehead atoms. The lowest BCUT2D eigenvalue weighted by Gasteiger charge is -2.29. The summed E-state index contributed by atoms with van der Waals surface area (Å²) < 4.78 is 59.4. The van der Waals surface area contributed by atoms with Gasteiger partial charge >= 0.3 is 6.03 Å². The first kappa shape index (κ1) is 32.3. The SMILES string of the molecule is CNC(=O)c1cc(NC(=O)N(c2cccc(F)c2)[C@H]2CCN(Cc3ccc(Oc4ccc(NS(C)(=O)=O)cc4)nc3)C2)ccc1F. The van der Waals surface area contributed by atoms with E-state index in [1.807, 2.05) is 6.07 Å². The van der Waals surface area contributed by atoms with E-state index in [0.717, 1.165) is 17.9 Å². The summed E-state index contributed by atoms with van der Waals surface area (Å²) in [5.74, 6) is -1.000. The molecule has 1 saturated heterocycles. The van der Waals surface area contributed by atoms with E-state index >= 15 is 0 Å². The van der Waals surface area contributed by atoms with Gasteiger partial charge in [-0.1, -0.05) is 12.1 Å². The topological polar surface area (TPSA) is 133 Å². The Kier molecular flexibility index (Phi) is 9.78. The van der Waals surface area contributed by atoms with Crippen LogP contribution in [0.1, 0.15) is 22.3 Å². The predicted octanol–water partition coefficient (Wildman–Crippen LogP) is 5.20. The fourth-order valence-electron chi connectivity index (χ4n) is 5.13.